The molecule has 0 atom stereocenters. The first-order valence-corrected chi connectivity index (χ1v) is 7.43. The number of thiazole rings is 1. The van der Waals surface area contributed by atoms with Crippen molar-refractivity contribution in [3.8, 4) is 0 Å². The molecule has 3 heteroatoms. The van der Waals surface area contributed by atoms with Crippen LogP contribution in [-0.4, -0.2) is 4.98 Å². The molecule has 0 saturated carbocycles. The van der Waals surface area contributed by atoms with E-state index in [1.807, 2.05) is 0 Å². The Morgan fingerprint density at radius 3 is 2.61 bits per heavy atom. The van der Waals surface area contributed by atoms with Gasteiger partial charge in [-0.1, -0.05) is 40.2 Å². The minimum absolute atomic E-state index is 0.909. The lowest BCUT2D eigenvalue weighted by Gasteiger charge is -1.97. The molecule has 1 nitrogen and oxygen atoms in total. The van der Waals surface area contributed by atoms with Gasteiger partial charge >= 0.3 is 0 Å². The largest absolute Gasteiger partial charge is 0.241 e. The van der Waals surface area contributed by atoms with Gasteiger partial charge < -0.3 is 0 Å². The normalized spacial score (nSPS) is 11.0. The Balaban J connectivity index is 1.95. The number of rotatable bonds is 2. The molecule has 0 aliphatic rings. The van der Waals surface area contributed by atoms with Crippen LogP contribution in [0.4, 0.5) is 0 Å². The molecule has 0 aliphatic carbocycles. The van der Waals surface area contributed by atoms with Crippen LogP contribution in [0, 0.1) is 6.92 Å². The van der Waals surface area contributed by atoms with Gasteiger partial charge in [0.15, 0.2) is 0 Å². The molecule has 1 aromatic heterocycles. The van der Waals surface area contributed by atoms with E-state index in [1.165, 1.54) is 20.8 Å². The van der Waals surface area contributed by atoms with Crippen molar-refractivity contribution in [2.45, 2.75) is 13.3 Å². The van der Waals surface area contributed by atoms with E-state index in [0.717, 1.165) is 16.4 Å². The highest BCUT2D eigenvalue weighted by atomic mass is 79.9. The molecule has 0 saturated heterocycles. The Hall–Kier alpha value is -1.19. The molecule has 90 valence electrons. The molecule has 0 fully saturated rings. The van der Waals surface area contributed by atoms with Crippen LogP contribution in [0.3, 0.4) is 0 Å². The average molecular weight is 318 g/mol. The van der Waals surface area contributed by atoms with Crippen molar-refractivity contribution in [2.75, 3.05) is 0 Å². The summed E-state index contributed by atoms with van der Waals surface area (Å²) in [6.45, 7) is 2.12. The molecule has 1 heterocycles. The standard InChI is InChI=1S/C15H12BrNS/c1-10-3-2-4-13-15(10)17-14(18-13)9-11-5-7-12(16)8-6-11/h2-8H,9H2,1H3. The van der Waals surface area contributed by atoms with Gasteiger partial charge in [0.1, 0.15) is 0 Å². The minimum Gasteiger partial charge on any atom is -0.241 e. The lowest BCUT2D eigenvalue weighted by molar-refractivity contribution is 1.15. The van der Waals surface area contributed by atoms with E-state index in [2.05, 4.69) is 65.3 Å². The second-order valence-electron chi connectivity index (χ2n) is 4.33. The van der Waals surface area contributed by atoms with Crippen LogP contribution < -0.4 is 0 Å². The molecule has 18 heavy (non-hydrogen) atoms. The Morgan fingerprint density at radius 1 is 1.11 bits per heavy atom. The summed E-state index contributed by atoms with van der Waals surface area (Å²) in [5, 5.41) is 1.18. The van der Waals surface area contributed by atoms with E-state index in [-0.39, 0.29) is 0 Å². The number of aryl methyl sites for hydroxylation is 1. The van der Waals surface area contributed by atoms with Gasteiger partial charge in [-0.2, -0.15) is 0 Å². The third-order valence-electron chi connectivity index (χ3n) is 2.93. The summed E-state index contributed by atoms with van der Waals surface area (Å²) in [6.07, 6.45) is 0.909. The van der Waals surface area contributed by atoms with Crippen LogP contribution in [0.5, 0.6) is 0 Å². The van der Waals surface area contributed by atoms with Crippen LogP contribution in [0.15, 0.2) is 46.9 Å². The van der Waals surface area contributed by atoms with Crippen molar-refractivity contribution >= 4 is 37.5 Å². The van der Waals surface area contributed by atoms with Crippen molar-refractivity contribution in [1.82, 2.24) is 4.98 Å². The summed E-state index contributed by atoms with van der Waals surface area (Å²) in [7, 11) is 0. The second kappa shape index (κ2) is 4.82. The summed E-state index contributed by atoms with van der Waals surface area (Å²) in [5.74, 6) is 0. The van der Waals surface area contributed by atoms with E-state index < -0.39 is 0 Å². The molecule has 0 spiro atoms. The fourth-order valence-electron chi connectivity index (χ4n) is 1.98. The van der Waals surface area contributed by atoms with Gasteiger partial charge in [0.05, 0.1) is 15.2 Å². The first kappa shape index (κ1) is 11.9. The number of aromatic nitrogens is 1. The predicted molar refractivity (Wildman–Crippen MR) is 81.3 cm³/mol. The average Bonchev–Trinajstić information content (AvgIpc) is 2.76. The Kier molecular flexibility index (Phi) is 3.18. The molecule has 3 aromatic rings. The predicted octanol–water partition coefficient (Wildman–Crippen LogP) is 4.96. The summed E-state index contributed by atoms with van der Waals surface area (Å²) < 4.78 is 2.40. The van der Waals surface area contributed by atoms with Gasteiger partial charge in [0.25, 0.3) is 0 Å². The first-order valence-electron chi connectivity index (χ1n) is 5.82. The zero-order valence-corrected chi connectivity index (χ0v) is 12.4. The smallest absolute Gasteiger partial charge is 0.0982 e. The maximum Gasteiger partial charge on any atom is 0.0982 e. The highest BCUT2D eigenvalue weighted by Crippen LogP contribution is 2.26. The van der Waals surface area contributed by atoms with Crippen molar-refractivity contribution in [3.05, 3.63) is 63.1 Å². The van der Waals surface area contributed by atoms with Crippen molar-refractivity contribution in [3.63, 3.8) is 0 Å². The molecule has 0 N–H and O–H groups in total. The third-order valence-corrected chi connectivity index (χ3v) is 4.48. The van der Waals surface area contributed by atoms with Crippen LogP contribution >= 0.6 is 27.3 Å². The summed E-state index contributed by atoms with van der Waals surface area (Å²) in [6, 6.07) is 14.8. The maximum atomic E-state index is 4.74. The van der Waals surface area contributed by atoms with Gasteiger partial charge in [0.2, 0.25) is 0 Å². The fourth-order valence-corrected chi connectivity index (χ4v) is 3.33. The number of fused-ring (bicyclic) bond motifs is 1. The number of hydrogen-bond acceptors (Lipinski definition) is 2. The highest BCUT2D eigenvalue weighted by molar-refractivity contribution is 9.10. The van der Waals surface area contributed by atoms with Gasteiger partial charge in [-0.05, 0) is 36.2 Å². The Morgan fingerprint density at radius 2 is 1.89 bits per heavy atom. The van der Waals surface area contributed by atoms with Crippen LogP contribution in [0.2, 0.25) is 0 Å². The van der Waals surface area contributed by atoms with Crippen molar-refractivity contribution < 1.29 is 0 Å². The molecule has 0 amide bonds. The number of halogens is 1. The first-order chi connectivity index (χ1) is 8.72. The van der Waals surface area contributed by atoms with Crippen LogP contribution in [0.1, 0.15) is 16.1 Å². The lowest BCUT2D eigenvalue weighted by atomic mass is 10.2. The molecule has 3 rings (SSSR count). The number of nitrogens with zero attached hydrogens (tertiary/aromatic N) is 1. The van der Waals surface area contributed by atoms with Gasteiger partial charge in [0, 0.05) is 10.9 Å². The highest BCUT2D eigenvalue weighted by Gasteiger charge is 2.06. The number of benzene rings is 2. The molecule has 0 radical (unpaired) electrons. The second-order valence-corrected chi connectivity index (χ2v) is 6.36. The fraction of sp³-hybridized carbons (Fsp3) is 0.133. The van der Waals surface area contributed by atoms with Crippen molar-refractivity contribution in [1.29, 1.82) is 0 Å². The molecule has 0 aliphatic heterocycles. The maximum absolute atomic E-state index is 4.74. The summed E-state index contributed by atoms with van der Waals surface area (Å²) in [4.78, 5) is 4.74. The van der Waals surface area contributed by atoms with E-state index in [1.54, 1.807) is 11.3 Å². The zero-order chi connectivity index (χ0) is 12.5. The zero-order valence-electron chi connectivity index (χ0n) is 9.98. The van der Waals surface area contributed by atoms with E-state index in [9.17, 15) is 0 Å². The van der Waals surface area contributed by atoms with Crippen LogP contribution in [0.25, 0.3) is 10.2 Å². The van der Waals surface area contributed by atoms with E-state index >= 15 is 0 Å². The SMILES string of the molecule is Cc1cccc2sc(Cc3ccc(Br)cc3)nc12. The third kappa shape index (κ3) is 2.33. The monoisotopic (exact) mass is 317 g/mol. The molecule has 0 bridgehead atoms. The van der Waals surface area contributed by atoms with E-state index in [4.69, 9.17) is 4.98 Å². The van der Waals surface area contributed by atoms with Gasteiger partial charge in [-0.25, -0.2) is 4.98 Å². The van der Waals surface area contributed by atoms with E-state index in [0.29, 0.717) is 0 Å². The van der Waals surface area contributed by atoms with Crippen molar-refractivity contribution in [2.24, 2.45) is 0 Å². The quantitative estimate of drug-likeness (QED) is 0.651. The summed E-state index contributed by atoms with van der Waals surface area (Å²) in [5.41, 5.74) is 3.70. The number of para-hydroxylation sites is 1. The Bertz CT molecular complexity index is 685. The van der Waals surface area contributed by atoms with Gasteiger partial charge in [-0.3, -0.25) is 0 Å². The number of hydrogen-bond donors (Lipinski definition) is 0. The minimum atomic E-state index is 0.909. The lowest BCUT2D eigenvalue weighted by Crippen LogP contribution is -1.86. The molecule has 2 aromatic carbocycles. The molecular formula is C15H12BrNS. The summed E-state index contributed by atoms with van der Waals surface area (Å²) >= 11 is 5.24. The molecule has 0 unspecified atom stereocenters. The molecular weight excluding hydrogens is 306 g/mol. The van der Waals surface area contributed by atoms with Crippen LogP contribution in [-0.2, 0) is 6.42 Å². The Labute approximate surface area is 119 Å². The topological polar surface area (TPSA) is 12.9 Å². The van der Waals surface area contributed by atoms with Gasteiger partial charge in [-0.15, -0.1) is 11.3 Å².